The van der Waals surface area contributed by atoms with Gasteiger partial charge in [0, 0.05) is 29.9 Å². The van der Waals surface area contributed by atoms with Crippen molar-refractivity contribution in [1.82, 2.24) is 14.3 Å². The zero-order valence-electron chi connectivity index (χ0n) is 15.0. The molecule has 138 valence electrons. The Bertz CT molecular complexity index is 987. The fourth-order valence-corrected chi connectivity index (χ4v) is 4.14. The second-order valence-electron chi connectivity index (χ2n) is 6.04. The third kappa shape index (κ3) is 4.13. The lowest BCUT2D eigenvalue weighted by atomic mass is 10.3. The first-order chi connectivity index (χ1) is 12.5. The minimum absolute atomic E-state index is 0.203. The van der Waals surface area contributed by atoms with Crippen LogP contribution in [0.1, 0.15) is 37.3 Å². The molecule has 0 fully saturated rings. The molecule has 0 aliphatic rings. The van der Waals surface area contributed by atoms with Crippen LogP contribution >= 0.6 is 27.3 Å². The van der Waals surface area contributed by atoms with Crippen molar-refractivity contribution in [2.75, 3.05) is 13.2 Å². The minimum Gasteiger partial charge on any atom is -0.380 e. The number of fused-ring (bicyclic) bond motifs is 1. The van der Waals surface area contributed by atoms with Gasteiger partial charge in [0.25, 0.3) is 5.91 Å². The molecule has 0 saturated carbocycles. The van der Waals surface area contributed by atoms with E-state index in [0.717, 1.165) is 14.7 Å². The molecule has 0 bridgehead atoms. The number of hydrogen-bond acceptors (Lipinski definition) is 4. The van der Waals surface area contributed by atoms with E-state index >= 15 is 0 Å². The number of nitrogens with zero attached hydrogens (tertiary/aromatic N) is 4. The summed E-state index contributed by atoms with van der Waals surface area (Å²) in [6.07, 6.45) is 1.80. The molecule has 2 aromatic heterocycles. The normalized spacial score (nSPS) is 12.4. The van der Waals surface area contributed by atoms with E-state index in [1.54, 1.807) is 16.9 Å². The van der Waals surface area contributed by atoms with E-state index in [9.17, 15) is 4.79 Å². The van der Waals surface area contributed by atoms with Crippen molar-refractivity contribution in [3.8, 4) is 0 Å². The van der Waals surface area contributed by atoms with Gasteiger partial charge in [-0.1, -0.05) is 27.3 Å². The van der Waals surface area contributed by atoms with Crippen molar-refractivity contribution in [1.29, 1.82) is 0 Å². The molecule has 6 nitrogen and oxygen atoms in total. The summed E-state index contributed by atoms with van der Waals surface area (Å²) in [4.78, 5) is 17.6. The summed E-state index contributed by atoms with van der Waals surface area (Å²) in [5, 5.41) is 4.32. The van der Waals surface area contributed by atoms with E-state index in [1.165, 1.54) is 11.3 Å². The highest BCUT2D eigenvalue weighted by Crippen LogP contribution is 2.22. The maximum absolute atomic E-state index is 12.6. The molecule has 0 N–H and O–H groups in total. The lowest BCUT2D eigenvalue weighted by Crippen LogP contribution is -2.20. The van der Waals surface area contributed by atoms with Crippen LogP contribution in [0.2, 0.25) is 0 Å². The molecule has 1 aromatic carbocycles. The molecule has 0 aliphatic carbocycles. The fraction of sp³-hybridized carbons (Fsp3) is 0.389. The number of amides is 1. The molecular weight excluding hydrogens is 416 g/mol. The second kappa shape index (κ2) is 8.28. The lowest BCUT2D eigenvalue weighted by Gasteiger charge is -2.05. The van der Waals surface area contributed by atoms with Crippen molar-refractivity contribution in [2.45, 2.75) is 33.4 Å². The molecule has 0 aliphatic heterocycles. The highest BCUT2D eigenvalue weighted by Gasteiger charge is 2.12. The standard InChI is InChI=1S/C18H21BrN4O2S/c1-4-25-10-9-22-15-6-5-13(19)11-16(15)26-18(22)20-17(24)14-7-8-23(21-14)12(2)3/h5-8,11-12H,4,9-10H2,1-3H3. The Hall–Kier alpha value is -1.77. The van der Waals surface area contributed by atoms with Gasteiger partial charge in [-0.2, -0.15) is 10.1 Å². The van der Waals surface area contributed by atoms with Crippen molar-refractivity contribution >= 4 is 43.4 Å². The Balaban J connectivity index is 2.02. The van der Waals surface area contributed by atoms with Crippen LogP contribution in [0.5, 0.6) is 0 Å². The molecule has 0 radical (unpaired) electrons. The minimum atomic E-state index is -0.333. The predicted molar refractivity (Wildman–Crippen MR) is 107 cm³/mol. The summed E-state index contributed by atoms with van der Waals surface area (Å²) in [6.45, 7) is 7.87. The van der Waals surface area contributed by atoms with Gasteiger partial charge in [-0.15, -0.1) is 0 Å². The molecule has 3 rings (SSSR count). The van der Waals surface area contributed by atoms with Crippen LogP contribution in [0.3, 0.4) is 0 Å². The molecule has 8 heteroatoms. The molecule has 1 amide bonds. The van der Waals surface area contributed by atoms with Gasteiger partial charge in [0.1, 0.15) is 0 Å². The van der Waals surface area contributed by atoms with E-state index in [4.69, 9.17) is 4.74 Å². The smallest absolute Gasteiger partial charge is 0.300 e. The topological polar surface area (TPSA) is 61.4 Å². The molecule has 3 aromatic rings. The zero-order chi connectivity index (χ0) is 18.7. The Kier molecular flexibility index (Phi) is 6.05. The largest absolute Gasteiger partial charge is 0.380 e. The summed E-state index contributed by atoms with van der Waals surface area (Å²) in [5.41, 5.74) is 1.39. The van der Waals surface area contributed by atoms with Crippen LogP contribution in [0, 0.1) is 0 Å². The number of hydrogen-bond donors (Lipinski definition) is 0. The number of halogens is 1. The van der Waals surface area contributed by atoms with Crippen molar-refractivity contribution in [2.24, 2.45) is 4.99 Å². The number of carbonyl (C=O) groups excluding carboxylic acids is 1. The lowest BCUT2D eigenvalue weighted by molar-refractivity contribution is 0.0991. The summed E-state index contributed by atoms with van der Waals surface area (Å²) < 4.78 is 11.3. The highest BCUT2D eigenvalue weighted by atomic mass is 79.9. The van der Waals surface area contributed by atoms with E-state index in [-0.39, 0.29) is 11.9 Å². The number of benzene rings is 1. The van der Waals surface area contributed by atoms with E-state index in [1.807, 2.05) is 43.5 Å². The summed E-state index contributed by atoms with van der Waals surface area (Å²) >= 11 is 4.98. The van der Waals surface area contributed by atoms with Crippen LogP contribution < -0.4 is 4.80 Å². The number of thiazole rings is 1. The third-order valence-electron chi connectivity index (χ3n) is 3.86. The summed E-state index contributed by atoms with van der Waals surface area (Å²) in [5.74, 6) is -0.333. The maximum Gasteiger partial charge on any atom is 0.300 e. The second-order valence-corrected chi connectivity index (χ2v) is 7.96. The molecular formula is C18H21BrN4O2S. The van der Waals surface area contributed by atoms with Crippen LogP contribution in [0.15, 0.2) is 39.9 Å². The SMILES string of the molecule is CCOCCn1c(=NC(=O)c2ccn(C(C)C)n2)sc2cc(Br)ccc21. The number of aromatic nitrogens is 3. The Morgan fingerprint density at radius 2 is 2.19 bits per heavy atom. The van der Waals surface area contributed by atoms with Gasteiger partial charge in [0.15, 0.2) is 10.5 Å². The van der Waals surface area contributed by atoms with Gasteiger partial charge in [-0.25, -0.2) is 0 Å². The van der Waals surface area contributed by atoms with E-state index in [2.05, 4.69) is 26.0 Å². The van der Waals surface area contributed by atoms with E-state index in [0.29, 0.717) is 30.3 Å². The first-order valence-corrected chi connectivity index (χ1v) is 10.1. The zero-order valence-corrected chi connectivity index (χ0v) is 17.4. The molecule has 0 atom stereocenters. The van der Waals surface area contributed by atoms with E-state index < -0.39 is 0 Å². The Morgan fingerprint density at radius 1 is 1.38 bits per heavy atom. The first kappa shape index (κ1) is 19.0. The highest BCUT2D eigenvalue weighted by molar-refractivity contribution is 9.10. The monoisotopic (exact) mass is 436 g/mol. The van der Waals surface area contributed by atoms with Gasteiger partial charge in [-0.05, 0) is 45.0 Å². The Labute approximate surface area is 164 Å². The average Bonchev–Trinajstić information content (AvgIpc) is 3.20. The number of rotatable bonds is 6. The quantitative estimate of drug-likeness (QED) is 0.548. The van der Waals surface area contributed by atoms with Gasteiger partial charge < -0.3 is 9.30 Å². The molecule has 26 heavy (non-hydrogen) atoms. The van der Waals surface area contributed by atoms with Crippen molar-refractivity contribution in [3.63, 3.8) is 0 Å². The summed E-state index contributed by atoms with van der Waals surface area (Å²) in [6, 6.07) is 7.96. The van der Waals surface area contributed by atoms with Crippen molar-refractivity contribution in [3.05, 3.63) is 45.4 Å². The van der Waals surface area contributed by atoms with Gasteiger partial charge in [0.2, 0.25) is 0 Å². The predicted octanol–water partition coefficient (Wildman–Crippen LogP) is 4.02. The maximum atomic E-state index is 12.6. The number of ether oxygens (including phenoxy) is 1. The molecule has 0 saturated heterocycles. The van der Waals surface area contributed by atoms with Crippen LogP contribution in [0.25, 0.3) is 10.2 Å². The van der Waals surface area contributed by atoms with Gasteiger partial charge in [0.05, 0.1) is 16.8 Å². The van der Waals surface area contributed by atoms with Gasteiger partial charge in [-0.3, -0.25) is 9.48 Å². The van der Waals surface area contributed by atoms with Crippen LogP contribution in [-0.4, -0.2) is 33.5 Å². The van der Waals surface area contributed by atoms with Crippen LogP contribution in [-0.2, 0) is 11.3 Å². The molecule has 0 spiro atoms. The van der Waals surface area contributed by atoms with Gasteiger partial charge >= 0.3 is 0 Å². The molecule has 2 heterocycles. The molecule has 0 unspecified atom stereocenters. The average molecular weight is 437 g/mol. The number of carbonyl (C=O) groups is 1. The fourth-order valence-electron chi connectivity index (χ4n) is 2.53. The Morgan fingerprint density at radius 3 is 2.88 bits per heavy atom. The third-order valence-corrected chi connectivity index (χ3v) is 5.40. The van der Waals surface area contributed by atoms with Crippen molar-refractivity contribution < 1.29 is 9.53 Å². The first-order valence-electron chi connectivity index (χ1n) is 8.50. The van der Waals surface area contributed by atoms with Crippen LogP contribution in [0.4, 0.5) is 0 Å². The summed E-state index contributed by atoms with van der Waals surface area (Å²) in [7, 11) is 0.